The Bertz CT molecular complexity index is 512. The number of allylic oxidation sites excluding steroid dienone is 4. The van der Waals surface area contributed by atoms with E-state index >= 15 is 0 Å². The highest BCUT2D eigenvalue weighted by atomic mass is 16.2. The molecule has 0 spiro atoms. The first kappa shape index (κ1) is 14.8. The van der Waals surface area contributed by atoms with Crippen molar-refractivity contribution in [1.82, 2.24) is 5.43 Å². The Balaban J connectivity index is 2.29. The summed E-state index contributed by atoms with van der Waals surface area (Å²) in [7, 11) is 0. The van der Waals surface area contributed by atoms with Crippen LogP contribution in [0.4, 0.5) is 4.79 Å². The normalized spacial score (nSPS) is 31.6. The predicted octanol–water partition coefficient (Wildman–Crippen LogP) is 3.50. The molecule has 2 aliphatic carbocycles. The Hall–Kier alpha value is -1.58. The average Bonchev–Trinajstić information content (AvgIpc) is 2.37. The minimum absolute atomic E-state index is 0.233. The molecule has 4 nitrogen and oxygen atoms in total. The van der Waals surface area contributed by atoms with Gasteiger partial charge in [0.25, 0.3) is 0 Å². The van der Waals surface area contributed by atoms with E-state index in [9.17, 15) is 4.79 Å². The van der Waals surface area contributed by atoms with Gasteiger partial charge in [-0.3, -0.25) is 0 Å². The Labute approximate surface area is 121 Å². The number of amides is 2. The number of fused-ring (bicyclic) bond motifs is 1. The lowest BCUT2D eigenvalue weighted by molar-refractivity contribution is 0.229. The molecule has 1 saturated carbocycles. The van der Waals surface area contributed by atoms with Crippen molar-refractivity contribution in [2.75, 3.05) is 0 Å². The largest absolute Gasteiger partial charge is 0.350 e. The maximum absolute atomic E-state index is 10.8. The van der Waals surface area contributed by atoms with Crippen LogP contribution >= 0.6 is 0 Å². The first-order chi connectivity index (χ1) is 9.33. The average molecular weight is 275 g/mol. The molecule has 2 rings (SSSR count). The molecule has 0 radical (unpaired) electrons. The van der Waals surface area contributed by atoms with Crippen molar-refractivity contribution in [3.05, 3.63) is 22.8 Å². The zero-order chi connectivity index (χ0) is 14.9. The number of rotatable bonds is 1. The second kappa shape index (κ2) is 5.43. The van der Waals surface area contributed by atoms with Gasteiger partial charge in [0.1, 0.15) is 0 Å². The zero-order valence-corrected chi connectivity index (χ0v) is 12.9. The summed E-state index contributed by atoms with van der Waals surface area (Å²) in [5.41, 5.74) is 13.1. The summed E-state index contributed by atoms with van der Waals surface area (Å²) in [4.78, 5) is 10.8. The highest BCUT2D eigenvalue weighted by Crippen LogP contribution is 2.51. The number of nitrogens with zero attached hydrogens (tertiary/aromatic N) is 1. The van der Waals surface area contributed by atoms with E-state index in [0.717, 1.165) is 31.4 Å². The van der Waals surface area contributed by atoms with Gasteiger partial charge in [-0.1, -0.05) is 30.6 Å². The topological polar surface area (TPSA) is 67.5 Å². The van der Waals surface area contributed by atoms with E-state index in [1.807, 2.05) is 0 Å². The van der Waals surface area contributed by atoms with Gasteiger partial charge in [0.05, 0.1) is 5.71 Å². The van der Waals surface area contributed by atoms with Crippen LogP contribution in [-0.4, -0.2) is 11.7 Å². The molecular weight excluding hydrogens is 250 g/mol. The van der Waals surface area contributed by atoms with Crippen LogP contribution in [-0.2, 0) is 0 Å². The lowest BCUT2D eigenvalue weighted by Crippen LogP contribution is -2.37. The van der Waals surface area contributed by atoms with Crippen molar-refractivity contribution in [2.45, 2.75) is 53.4 Å². The molecule has 0 aromatic carbocycles. The molecule has 0 bridgehead atoms. The summed E-state index contributed by atoms with van der Waals surface area (Å²) >= 11 is 0. The van der Waals surface area contributed by atoms with Crippen molar-refractivity contribution in [1.29, 1.82) is 0 Å². The third-order valence-corrected chi connectivity index (χ3v) is 4.97. The summed E-state index contributed by atoms with van der Waals surface area (Å²) in [6.07, 6.45) is 6.44. The van der Waals surface area contributed by atoms with Gasteiger partial charge in [-0.2, -0.15) is 5.10 Å². The van der Waals surface area contributed by atoms with E-state index in [0.29, 0.717) is 5.92 Å². The van der Waals surface area contributed by atoms with Gasteiger partial charge in [-0.05, 0) is 56.9 Å². The SMILES string of the molecule is CC(C)=C1CCC2=CC(=NNC(N)=O)CC(C)C2(C)C1. The maximum atomic E-state index is 10.8. The zero-order valence-electron chi connectivity index (χ0n) is 12.9. The number of carbonyl (C=O) groups excluding carboxylic acids is 1. The molecule has 2 amide bonds. The second-order valence-electron chi connectivity index (χ2n) is 6.55. The summed E-state index contributed by atoms with van der Waals surface area (Å²) in [5.74, 6) is 0.519. The van der Waals surface area contributed by atoms with Crippen molar-refractivity contribution in [3.8, 4) is 0 Å². The van der Waals surface area contributed by atoms with E-state index in [1.165, 1.54) is 11.1 Å². The predicted molar refractivity (Wildman–Crippen MR) is 82.4 cm³/mol. The molecule has 0 saturated heterocycles. The Morgan fingerprint density at radius 2 is 2.15 bits per heavy atom. The smallest absolute Gasteiger partial charge is 0.332 e. The van der Waals surface area contributed by atoms with Gasteiger partial charge < -0.3 is 5.73 Å². The molecule has 2 atom stereocenters. The number of carbonyl (C=O) groups is 1. The van der Waals surface area contributed by atoms with Gasteiger partial charge in [0.2, 0.25) is 0 Å². The van der Waals surface area contributed by atoms with Gasteiger partial charge in [-0.25, -0.2) is 10.2 Å². The van der Waals surface area contributed by atoms with E-state index in [2.05, 4.69) is 44.3 Å². The Morgan fingerprint density at radius 3 is 2.75 bits per heavy atom. The van der Waals surface area contributed by atoms with E-state index in [4.69, 9.17) is 5.73 Å². The van der Waals surface area contributed by atoms with Gasteiger partial charge in [0.15, 0.2) is 0 Å². The monoisotopic (exact) mass is 275 g/mol. The fraction of sp³-hybridized carbons (Fsp3) is 0.625. The number of nitrogens with two attached hydrogens (primary N) is 1. The number of hydrogen-bond acceptors (Lipinski definition) is 2. The molecular formula is C16H25N3O. The third-order valence-electron chi connectivity index (χ3n) is 4.97. The highest BCUT2D eigenvalue weighted by molar-refractivity contribution is 5.97. The molecule has 0 aromatic rings. The number of primary amides is 1. The molecule has 4 heteroatoms. The summed E-state index contributed by atoms with van der Waals surface area (Å²) in [6, 6.07) is -0.604. The van der Waals surface area contributed by atoms with Crippen molar-refractivity contribution < 1.29 is 4.79 Å². The molecule has 0 aliphatic heterocycles. The van der Waals surface area contributed by atoms with Gasteiger partial charge in [0, 0.05) is 0 Å². The Kier molecular flexibility index (Phi) is 4.02. The first-order valence-electron chi connectivity index (χ1n) is 7.31. The van der Waals surface area contributed by atoms with E-state index in [-0.39, 0.29) is 5.41 Å². The lowest BCUT2D eigenvalue weighted by Gasteiger charge is -2.45. The molecule has 2 aliphatic rings. The van der Waals surface area contributed by atoms with Crippen LogP contribution in [0.3, 0.4) is 0 Å². The van der Waals surface area contributed by atoms with Crippen molar-refractivity contribution >= 4 is 11.7 Å². The van der Waals surface area contributed by atoms with Crippen LogP contribution < -0.4 is 11.2 Å². The minimum atomic E-state index is -0.604. The molecule has 0 aromatic heterocycles. The number of hydrogen-bond donors (Lipinski definition) is 2. The van der Waals surface area contributed by atoms with Crippen LogP contribution in [0, 0.1) is 11.3 Å². The molecule has 3 N–H and O–H groups in total. The molecule has 2 unspecified atom stereocenters. The summed E-state index contributed by atoms with van der Waals surface area (Å²) in [5, 5.41) is 4.11. The van der Waals surface area contributed by atoms with Crippen LogP contribution in [0.1, 0.15) is 53.4 Å². The summed E-state index contributed by atoms with van der Waals surface area (Å²) < 4.78 is 0. The summed E-state index contributed by atoms with van der Waals surface area (Å²) in [6.45, 7) is 9.07. The van der Waals surface area contributed by atoms with Crippen molar-refractivity contribution in [3.63, 3.8) is 0 Å². The van der Waals surface area contributed by atoms with Gasteiger partial charge >= 0.3 is 6.03 Å². The van der Waals surface area contributed by atoms with E-state index < -0.39 is 6.03 Å². The van der Waals surface area contributed by atoms with Crippen LogP contribution in [0.15, 0.2) is 27.9 Å². The molecule has 1 fully saturated rings. The van der Waals surface area contributed by atoms with Crippen molar-refractivity contribution in [2.24, 2.45) is 22.2 Å². The number of urea groups is 1. The molecule has 20 heavy (non-hydrogen) atoms. The fourth-order valence-electron chi connectivity index (χ4n) is 3.37. The van der Waals surface area contributed by atoms with Crippen LogP contribution in [0.2, 0.25) is 0 Å². The highest BCUT2D eigenvalue weighted by Gasteiger charge is 2.41. The maximum Gasteiger partial charge on any atom is 0.332 e. The number of nitrogens with one attached hydrogen (secondary N) is 1. The standard InChI is InChI=1S/C16H25N3O/c1-10(2)12-5-6-13-8-14(18-19-15(17)20)7-11(3)16(13,4)9-12/h8,11H,5-7,9H2,1-4H3,(H3,17,19,20). The first-order valence-corrected chi connectivity index (χ1v) is 7.31. The lowest BCUT2D eigenvalue weighted by atomic mass is 9.59. The Morgan fingerprint density at radius 1 is 1.45 bits per heavy atom. The van der Waals surface area contributed by atoms with Crippen LogP contribution in [0.5, 0.6) is 0 Å². The third kappa shape index (κ3) is 2.79. The fourth-order valence-corrected chi connectivity index (χ4v) is 3.37. The second-order valence-corrected chi connectivity index (χ2v) is 6.55. The molecule has 0 heterocycles. The van der Waals surface area contributed by atoms with E-state index in [1.54, 1.807) is 5.57 Å². The van der Waals surface area contributed by atoms with Gasteiger partial charge in [-0.15, -0.1) is 0 Å². The van der Waals surface area contributed by atoms with Crippen LogP contribution in [0.25, 0.3) is 0 Å². The minimum Gasteiger partial charge on any atom is -0.350 e. The quantitative estimate of drug-likeness (QED) is 0.558. The number of hydrazone groups is 1. The molecule has 110 valence electrons.